The predicted octanol–water partition coefficient (Wildman–Crippen LogP) is 4.88. The summed E-state index contributed by atoms with van der Waals surface area (Å²) in [6, 6.07) is 15.0. The second-order valence-electron chi connectivity index (χ2n) is 6.97. The van der Waals surface area contributed by atoms with Crippen LogP contribution in [0.25, 0.3) is 5.69 Å². The molecule has 0 fully saturated rings. The molecular weight excluding hydrogens is 374 g/mol. The highest BCUT2D eigenvalue weighted by Gasteiger charge is 2.19. The Hall–Kier alpha value is -3.05. The van der Waals surface area contributed by atoms with Crippen molar-refractivity contribution in [2.24, 2.45) is 0 Å². The van der Waals surface area contributed by atoms with Gasteiger partial charge in [-0.15, -0.1) is 0 Å². The van der Waals surface area contributed by atoms with Crippen LogP contribution in [0.2, 0.25) is 5.02 Å². The second-order valence-corrected chi connectivity index (χ2v) is 7.41. The molecule has 0 radical (unpaired) electrons. The summed E-state index contributed by atoms with van der Waals surface area (Å²) in [5, 5.41) is 6.50. The Bertz CT molecular complexity index is 1080. The lowest BCUT2D eigenvalue weighted by Crippen LogP contribution is -2.19. The van der Waals surface area contributed by atoms with Gasteiger partial charge in [-0.1, -0.05) is 11.6 Å². The van der Waals surface area contributed by atoms with Gasteiger partial charge in [0.1, 0.15) is 0 Å². The maximum atomic E-state index is 12.9. The Morgan fingerprint density at radius 3 is 2.57 bits per heavy atom. The molecule has 0 saturated carbocycles. The third-order valence-electron chi connectivity index (χ3n) is 5.02. The van der Waals surface area contributed by atoms with Crippen molar-refractivity contribution >= 4 is 34.8 Å². The van der Waals surface area contributed by atoms with Crippen LogP contribution >= 0.6 is 11.6 Å². The molecule has 4 rings (SSSR count). The highest BCUT2D eigenvalue weighted by Crippen LogP contribution is 2.27. The van der Waals surface area contributed by atoms with Crippen molar-refractivity contribution in [1.29, 1.82) is 0 Å². The van der Waals surface area contributed by atoms with Crippen molar-refractivity contribution in [1.82, 2.24) is 4.57 Å². The molecule has 0 aliphatic carbocycles. The first-order valence-electron chi connectivity index (χ1n) is 9.11. The summed E-state index contributed by atoms with van der Waals surface area (Å²) < 4.78 is 2.04. The number of aryl methyl sites for hydroxylation is 2. The molecule has 0 bridgehead atoms. The minimum absolute atomic E-state index is 0.0268. The van der Waals surface area contributed by atoms with Crippen LogP contribution in [-0.2, 0) is 11.2 Å². The molecule has 2 aromatic carbocycles. The number of aromatic nitrogens is 1. The average Bonchev–Trinajstić information content (AvgIpc) is 2.97. The highest BCUT2D eigenvalue weighted by atomic mass is 35.5. The largest absolute Gasteiger partial charge is 0.326 e. The summed E-state index contributed by atoms with van der Waals surface area (Å²) >= 11 is 5.99. The van der Waals surface area contributed by atoms with Gasteiger partial charge in [0, 0.05) is 39.9 Å². The van der Waals surface area contributed by atoms with E-state index in [-0.39, 0.29) is 11.8 Å². The zero-order valence-electron chi connectivity index (χ0n) is 15.7. The van der Waals surface area contributed by atoms with Gasteiger partial charge in [0.05, 0.1) is 5.56 Å². The number of nitrogens with one attached hydrogen (secondary N) is 2. The van der Waals surface area contributed by atoms with Gasteiger partial charge >= 0.3 is 0 Å². The third kappa shape index (κ3) is 3.41. The molecule has 1 aromatic heterocycles. The second kappa shape index (κ2) is 7.17. The first-order valence-corrected chi connectivity index (χ1v) is 9.49. The van der Waals surface area contributed by atoms with Crippen molar-refractivity contribution in [3.63, 3.8) is 0 Å². The molecule has 2 heterocycles. The van der Waals surface area contributed by atoms with E-state index >= 15 is 0 Å². The van der Waals surface area contributed by atoms with Crippen LogP contribution in [0.4, 0.5) is 11.4 Å². The zero-order valence-corrected chi connectivity index (χ0v) is 16.4. The molecule has 142 valence electrons. The van der Waals surface area contributed by atoms with Crippen molar-refractivity contribution < 1.29 is 9.59 Å². The van der Waals surface area contributed by atoms with E-state index in [0.29, 0.717) is 23.4 Å². The first-order chi connectivity index (χ1) is 13.4. The Kier molecular flexibility index (Phi) is 4.69. The number of carbonyl (C=O) groups excluding carboxylic acids is 2. The van der Waals surface area contributed by atoms with Crippen LogP contribution in [0.15, 0.2) is 48.5 Å². The Labute approximate surface area is 168 Å². The number of rotatable bonds is 3. The summed E-state index contributed by atoms with van der Waals surface area (Å²) in [5.41, 5.74) is 5.98. The van der Waals surface area contributed by atoms with E-state index in [1.54, 1.807) is 6.07 Å². The Balaban J connectivity index is 1.60. The number of benzene rings is 2. The maximum absolute atomic E-state index is 12.9. The van der Waals surface area contributed by atoms with E-state index in [0.717, 1.165) is 34.0 Å². The first kappa shape index (κ1) is 18.3. The van der Waals surface area contributed by atoms with Crippen LogP contribution in [0, 0.1) is 13.8 Å². The number of anilines is 2. The quantitative estimate of drug-likeness (QED) is 0.665. The minimum atomic E-state index is -0.159. The fourth-order valence-electron chi connectivity index (χ4n) is 3.64. The molecule has 1 aliphatic rings. The molecule has 0 atom stereocenters. The summed E-state index contributed by atoms with van der Waals surface area (Å²) in [6.45, 7) is 3.90. The lowest BCUT2D eigenvalue weighted by molar-refractivity contribution is -0.116. The van der Waals surface area contributed by atoms with Crippen molar-refractivity contribution in [3.8, 4) is 5.69 Å². The highest BCUT2D eigenvalue weighted by molar-refractivity contribution is 6.30. The molecule has 0 saturated heterocycles. The van der Waals surface area contributed by atoms with Crippen LogP contribution in [0.1, 0.15) is 33.7 Å². The predicted molar refractivity (Wildman–Crippen MR) is 112 cm³/mol. The van der Waals surface area contributed by atoms with E-state index in [9.17, 15) is 9.59 Å². The molecular formula is C22H20ClN3O2. The van der Waals surface area contributed by atoms with E-state index < -0.39 is 0 Å². The van der Waals surface area contributed by atoms with E-state index in [1.807, 2.05) is 60.9 Å². The molecule has 3 aromatic rings. The summed E-state index contributed by atoms with van der Waals surface area (Å²) in [5.74, 6) is -0.132. The number of nitrogens with zero attached hydrogens (tertiary/aromatic N) is 1. The topological polar surface area (TPSA) is 63.1 Å². The van der Waals surface area contributed by atoms with Gasteiger partial charge in [0.25, 0.3) is 5.91 Å². The molecule has 5 nitrogen and oxygen atoms in total. The van der Waals surface area contributed by atoms with Crippen LogP contribution < -0.4 is 10.6 Å². The van der Waals surface area contributed by atoms with Crippen LogP contribution in [-0.4, -0.2) is 16.4 Å². The maximum Gasteiger partial charge on any atom is 0.257 e. The molecule has 1 aliphatic heterocycles. The van der Waals surface area contributed by atoms with Crippen molar-refractivity contribution in [3.05, 3.63) is 76.1 Å². The van der Waals surface area contributed by atoms with Crippen LogP contribution in [0.5, 0.6) is 0 Å². The number of hydrogen-bond acceptors (Lipinski definition) is 2. The number of amides is 2. The molecule has 0 unspecified atom stereocenters. The number of carbonyl (C=O) groups is 2. The molecule has 0 spiro atoms. The SMILES string of the molecule is Cc1cc(C(=O)Nc2ccc3c(c2)CCC(=O)N3)c(C)n1-c1ccc(Cl)cc1. The summed E-state index contributed by atoms with van der Waals surface area (Å²) in [6.07, 6.45) is 1.14. The van der Waals surface area contributed by atoms with Gasteiger partial charge < -0.3 is 15.2 Å². The third-order valence-corrected chi connectivity index (χ3v) is 5.27. The fraction of sp³-hybridized carbons (Fsp3) is 0.182. The average molecular weight is 394 g/mol. The van der Waals surface area contributed by atoms with Gasteiger partial charge in [0.15, 0.2) is 0 Å². The smallest absolute Gasteiger partial charge is 0.257 e. The monoisotopic (exact) mass is 393 g/mol. The van der Waals surface area contributed by atoms with E-state index in [4.69, 9.17) is 11.6 Å². The normalized spacial score (nSPS) is 13.0. The summed E-state index contributed by atoms with van der Waals surface area (Å²) in [7, 11) is 0. The molecule has 6 heteroatoms. The van der Waals surface area contributed by atoms with Gasteiger partial charge in [-0.25, -0.2) is 0 Å². The van der Waals surface area contributed by atoms with E-state index in [2.05, 4.69) is 10.6 Å². The molecule has 2 amide bonds. The minimum Gasteiger partial charge on any atom is -0.326 e. The Morgan fingerprint density at radius 1 is 1.07 bits per heavy atom. The molecule has 2 N–H and O–H groups in total. The van der Waals surface area contributed by atoms with Gasteiger partial charge in [-0.05, 0) is 74.4 Å². The van der Waals surface area contributed by atoms with Gasteiger partial charge in [0.2, 0.25) is 5.91 Å². The lowest BCUT2D eigenvalue weighted by Gasteiger charge is -2.17. The van der Waals surface area contributed by atoms with Crippen molar-refractivity contribution in [2.75, 3.05) is 10.6 Å². The molecule has 28 heavy (non-hydrogen) atoms. The lowest BCUT2D eigenvalue weighted by atomic mass is 10.0. The Morgan fingerprint density at radius 2 is 1.82 bits per heavy atom. The van der Waals surface area contributed by atoms with Gasteiger partial charge in [-0.2, -0.15) is 0 Å². The van der Waals surface area contributed by atoms with E-state index in [1.165, 1.54) is 0 Å². The summed E-state index contributed by atoms with van der Waals surface area (Å²) in [4.78, 5) is 24.4. The zero-order chi connectivity index (χ0) is 19.8. The number of hydrogen-bond donors (Lipinski definition) is 2. The van der Waals surface area contributed by atoms with Crippen LogP contribution in [0.3, 0.4) is 0 Å². The van der Waals surface area contributed by atoms with Gasteiger partial charge in [-0.3, -0.25) is 9.59 Å². The van der Waals surface area contributed by atoms with Crippen molar-refractivity contribution in [2.45, 2.75) is 26.7 Å². The fourth-order valence-corrected chi connectivity index (χ4v) is 3.77. The number of halogens is 1. The standard InChI is InChI=1S/C22H20ClN3O2/c1-13-11-19(14(2)26(13)18-7-4-16(23)5-8-18)22(28)24-17-6-9-20-15(12-17)3-10-21(27)25-20/h4-9,11-12H,3,10H2,1-2H3,(H,24,28)(H,25,27). The number of fused-ring (bicyclic) bond motifs is 1.